The predicted octanol–water partition coefficient (Wildman–Crippen LogP) is 1.92. The summed E-state index contributed by atoms with van der Waals surface area (Å²) in [5.41, 5.74) is 5.90. The third-order valence-electron chi connectivity index (χ3n) is 4.65. The summed E-state index contributed by atoms with van der Waals surface area (Å²) in [5, 5.41) is 0. The molecule has 1 aliphatic heterocycles. The highest BCUT2D eigenvalue weighted by Gasteiger charge is 2.35. The monoisotopic (exact) mass is 268 g/mol. The van der Waals surface area contributed by atoms with Gasteiger partial charge in [0.15, 0.2) is 0 Å². The maximum atomic E-state index is 12.7. The number of nitrogens with two attached hydrogens (primary N) is 1. The lowest BCUT2D eigenvalue weighted by molar-refractivity contribution is -0.150. The zero-order valence-electron chi connectivity index (χ0n) is 12.1. The molecule has 2 rings (SSSR count). The molecule has 1 amide bonds. The van der Waals surface area contributed by atoms with Gasteiger partial charge in [0.2, 0.25) is 0 Å². The summed E-state index contributed by atoms with van der Waals surface area (Å²) < 4.78 is 5.66. The Labute approximate surface area is 116 Å². The van der Waals surface area contributed by atoms with Gasteiger partial charge in [-0.05, 0) is 51.5 Å². The normalized spacial score (nSPS) is 32.0. The molecule has 1 saturated heterocycles. The highest BCUT2D eigenvalue weighted by molar-refractivity contribution is 5.81. The lowest BCUT2D eigenvalue weighted by atomic mass is 9.83. The summed E-state index contributed by atoms with van der Waals surface area (Å²) in [6, 6.07) is 0.335. The molecule has 4 heteroatoms. The van der Waals surface area contributed by atoms with Gasteiger partial charge in [-0.3, -0.25) is 4.79 Å². The first-order chi connectivity index (χ1) is 9.27. The fraction of sp³-hybridized carbons (Fsp3) is 0.933. The predicted molar refractivity (Wildman–Crippen MR) is 75.8 cm³/mol. The smallest absolute Gasteiger partial charge is 0.251 e. The van der Waals surface area contributed by atoms with Crippen molar-refractivity contribution >= 4 is 5.91 Å². The summed E-state index contributed by atoms with van der Waals surface area (Å²) >= 11 is 0. The van der Waals surface area contributed by atoms with E-state index in [1.54, 1.807) is 0 Å². The van der Waals surface area contributed by atoms with Crippen molar-refractivity contribution in [2.75, 3.05) is 19.7 Å². The molecule has 3 unspecified atom stereocenters. The first-order valence-corrected chi connectivity index (χ1v) is 7.90. The minimum atomic E-state index is -0.200. The number of carbonyl (C=O) groups is 1. The van der Waals surface area contributed by atoms with Gasteiger partial charge in [0, 0.05) is 19.2 Å². The van der Waals surface area contributed by atoms with E-state index in [9.17, 15) is 4.79 Å². The second kappa shape index (κ2) is 7.25. The van der Waals surface area contributed by atoms with Gasteiger partial charge in [-0.1, -0.05) is 12.8 Å². The number of rotatable bonds is 4. The number of ether oxygens (including phenoxy) is 1. The molecule has 1 heterocycles. The standard InChI is InChI=1S/C15H28N2O2/c1-2-17(13-8-4-3-7-12(13)11-16)15(18)14-9-5-6-10-19-14/h12-14H,2-11,16H2,1H3. The van der Waals surface area contributed by atoms with Crippen molar-refractivity contribution in [2.24, 2.45) is 11.7 Å². The molecule has 2 N–H and O–H groups in total. The van der Waals surface area contributed by atoms with Gasteiger partial charge < -0.3 is 15.4 Å². The highest BCUT2D eigenvalue weighted by atomic mass is 16.5. The van der Waals surface area contributed by atoms with E-state index in [4.69, 9.17) is 10.5 Å². The second-order valence-electron chi connectivity index (χ2n) is 5.83. The topological polar surface area (TPSA) is 55.6 Å². The van der Waals surface area contributed by atoms with Crippen LogP contribution in [0.2, 0.25) is 0 Å². The summed E-state index contributed by atoms with van der Waals surface area (Å²) in [4.78, 5) is 14.7. The van der Waals surface area contributed by atoms with Crippen LogP contribution in [0.5, 0.6) is 0 Å². The summed E-state index contributed by atoms with van der Waals surface area (Å²) in [6.07, 6.45) is 7.62. The molecule has 19 heavy (non-hydrogen) atoms. The molecule has 0 radical (unpaired) electrons. The molecule has 4 nitrogen and oxygen atoms in total. The first-order valence-electron chi connectivity index (χ1n) is 7.90. The zero-order chi connectivity index (χ0) is 13.7. The number of nitrogens with zero attached hydrogens (tertiary/aromatic N) is 1. The van der Waals surface area contributed by atoms with Crippen LogP contribution in [0.15, 0.2) is 0 Å². The molecule has 2 fully saturated rings. The Kier molecular flexibility index (Phi) is 5.64. The van der Waals surface area contributed by atoms with E-state index < -0.39 is 0 Å². The molecule has 1 aliphatic carbocycles. The molecular formula is C15H28N2O2. The quantitative estimate of drug-likeness (QED) is 0.847. The van der Waals surface area contributed by atoms with E-state index in [-0.39, 0.29) is 12.0 Å². The largest absolute Gasteiger partial charge is 0.368 e. The van der Waals surface area contributed by atoms with Crippen molar-refractivity contribution in [3.05, 3.63) is 0 Å². The summed E-state index contributed by atoms with van der Waals surface area (Å²) in [7, 11) is 0. The van der Waals surface area contributed by atoms with Crippen molar-refractivity contribution in [3.63, 3.8) is 0 Å². The Morgan fingerprint density at radius 1 is 1.21 bits per heavy atom. The van der Waals surface area contributed by atoms with E-state index >= 15 is 0 Å². The fourth-order valence-electron chi connectivity index (χ4n) is 3.55. The van der Waals surface area contributed by atoms with Gasteiger partial charge in [-0.25, -0.2) is 0 Å². The van der Waals surface area contributed by atoms with Crippen molar-refractivity contribution in [1.29, 1.82) is 0 Å². The van der Waals surface area contributed by atoms with Gasteiger partial charge in [0.1, 0.15) is 6.10 Å². The van der Waals surface area contributed by atoms with Gasteiger partial charge in [0.25, 0.3) is 5.91 Å². The third-order valence-corrected chi connectivity index (χ3v) is 4.65. The Balaban J connectivity index is 2.02. The molecule has 0 aromatic rings. The highest BCUT2D eigenvalue weighted by Crippen LogP contribution is 2.29. The Hall–Kier alpha value is -0.610. The molecule has 0 aromatic carbocycles. The SMILES string of the molecule is CCN(C(=O)C1CCCCO1)C1CCCCC1CN. The van der Waals surface area contributed by atoms with E-state index in [0.29, 0.717) is 18.5 Å². The van der Waals surface area contributed by atoms with Crippen LogP contribution in [-0.2, 0) is 9.53 Å². The van der Waals surface area contributed by atoms with E-state index in [1.807, 2.05) is 4.90 Å². The van der Waals surface area contributed by atoms with E-state index in [1.165, 1.54) is 12.8 Å². The number of amides is 1. The third kappa shape index (κ3) is 3.48. The van der Waals surface area contributed by atoms with Gasteiger partial charge in [-0.15, -0.1) is 0 Å². The van der Waals surface area contributed by atoms with Crippen molar-refractivity contribution < 1.29 is 9.53 Å². The Morgan fingerprint density at radius 2 is 1.95 bits per heavy atom. The van der Waals surface area contributed by atoms with Crippen LogP contribution in [0, 0.1) is 5.92 Å². The van der Waals surface area contributed by atoms with Crippen LogP contribution in [0.4, 0.5) is 0 Å². The van der Waals surface area contributed by atoms with E-state index in [2.05, 4.69) is 6.92 Å². The van der Waals surface area contributed by atoms with Crippen molar-refractivity contribution in [2.45, 2.75) is 64.0 Å². The zero-order valence-corrected chi connectivity index (χ0v) is 12.1. The second-order valence-corrected chi connectivity index (χ2v) is 5.83. The van der Waals surface area contributed by atoms with Crippen LogP contribution in [0.25, 0.3) is 0 Å². The minimum absolute atomic E-state index is 0.200. The van der Waals surface area contributed by atoms with Crippen LogP contribution in [0.1, 0.15) is 51.9 Å². The van der Waals surface area contributed by atoms with Gasteiger partial charge in [0.05, 0.1) is 0 Å². The summed E-state index contributed by atoms with van der Waals surface area (Å²) in [5.74, 6) is 0.675. The van der Waals surface area contributed by atoms with Crippen molar-refractivity contribution in [1.82, 2.24) is 4.90 Å². The van der Waals surface area contributed by atoms with Crippen LogP contribution in [-0.4, -0.2) is 42.6 Å². The molecular weight excluding hydrogens is 240 g/mol. The van der Waals surface area contributed by atoms with Crippen molar-refractivity contribution in [3.8, 4) is 0 Å². The molecule has 110 valence electrons. The lowest BCUT2D eigenvalue weighted by Gasteiger charge is -2.41. The summed E-state index contributed by atoms with van der Waals surface area (Å²) in [6.45, 7) is 4.28. The minimum Gasteiger partial charge on any atom is -0.368 e. The van der Waals surface area contributed by atoms with Crippen LogP contribution < -0.4 is 5.73 Å². The maximum absolute atomic E-state index is 12.7. The first kappa shape index (κ1) is 14.8. The number of carbonyl (C=O) groups excluding carboxylic acids is 1. The molecule has 0 aromatic heterocycles. The average Bonchev–Trinajstić information content (AvgIpc) is 2.49. The molecule has 0 bridgehead atoms. The Morgan fingerprint density at radius 3 is 2.58 bits per heavy atom. The van der Waals surface area contributed by atoms with Crippen LogP contribution in [0.3, 0.4) is 0 Å². The number of hydrogen-bond donors (Lipinski definition) is 1. The number of hydrogen-bond acceptors (Lipinski definition) is 3. The molecule has 3 atom stereocenters. The Bertz CT molecular complexity index is 290. The fourth-order valence-corrected chi connectivity index (χ4v) is 3.55. The van der Waals surface area contributed by atoms with E-state index in [0.717, 1.165) is 45.3 Å². The van der Waals surface area contributed by atoms with Crippen LogP contribution >= 0.6 is 0 Å². The number of likely N-dealkylation sites (N-methyl/N-ethyl adjacent to an activating group) is 1. The molecule has 1 saturated carbocycles. The molecule has 2 aliphatic rings. The lowest BCUT2D eigenvalue weighted by Crippen LogP contribution is -2.52. The maximum Gasteiger partial charge on any atom is 0.251 e. The van der Waals surface area contributed by atoms with Gasteiger partial charge in [-0.2, -0.15) is 0 Å². The average molecular weight is 268 g/mol. The van der Waals surface area contributed by atoms with Gasteiger partial charge >= 0.3 is 0 Å². The molecule has 0 spiro atoms.